The summed E-state index contributed by atoms with van der Waals surface area (Å²) in [6, 6.07) is 59.0. The van der Waals surface area contributed by atoms with Gasteiger partial charge in [-0.2, -0.15) is 0 Å². The molecule has 0 bridgehead atoms. The average molecular weight is 748 g/mol. The van der Waals surface area contributed by atoms with Crippen molar-refractivity contribution in [3.63, 3.8) is 0 Å². The van der Waals surface area contributed by atoms with Gasteiger partial charge in [0.25, 0.3) is 0 Å². The van der Waals surface area contributed by atoms with Gasteiger partial charge in [0.1, 0.15) is 18.0 Å². The van der Waals surface area contributed by atoms with E-state index in [0.717, 1.165) is 95.6 Å². The van der Waals surface area contributed by atoms with Crippen molar-refractivity contribution in [2.24, 2.45) is 0 Å². The summed E-state index contributed by atoms with van der Waals surface area (Å²) in [6.45, 7) is 0. The third kappa shape index (κ3) is 5.70. The number of aromatic nitrogens is 5. The van der Waals surface area contributed by atoms with E-state index in [4.69, 9.17) is 9.72 Å². The van der Waals surface area contributed by atoms with Crippen molar-refractivity contribution < 1.29 is 4.74 Å². The fourth-order valence-corrected chi connectivity index (χ4v) is 8.01. The lowest BCUT2D eigenvalue weighted by Crippen LogP contribution is -2.19. The van der Waals surface area contributed by atoms with Crippen molar-refractivity contribution >= 4 is 56.1 Å². The number of anilines is 6. The third-order valence-corrected chi connectivity index (χ3v) is 10.7. The van der Waals surface area contributed by atoms with Gasteiger partial charge in [-0.05, 0) is 89.5 Å². The lowest BCUT2D eigenvalue weighted by Gasteiger charge is -2.33. The highest BCUT2D eigenvalue weighted by Crippen LogP contribution is 2.51. The number of fused-ring (bicyclic) bond motifs is 5. The molecule has 10 aromatic rings. The monoisotopic (exact) mass is 747 g/mol. The van der Waals surface area contributed by atoms with Crippen molar-refractivity contribution in [3.05, 3.63) is 201 Å². The maximum Gasteiger partial charge on any atom is 0.151 e. The van der Waals surface area contributed by atoms with E-state index in [0.29, 0.717) is 0 Å². The highest BCUT2D eigenvalue weighted by Gasteiger charge is 2.28. The number of nitrogens with zero attached hydrogens (tertiary/aromatic N) is 7. The average Bonchev–Trinajstić information content (AvgIpc) is 3.64. The summed E-state index contributed by atoms with van der Waals surface area (Å²) in [5.74, 6) is 3.04. The summed E-state index contributed by atoms with van der Waals surface area (Å²) in [5.41, 5.74) is 11.0. The molecule has 0 aliphatic carbocycles. The van der Waals surface area contributed by atoms with E-state index >= 15 is 0 Å². The standard InChI is InChI=1S/C50H33N7O/c1-3-11-43-41(9-1)42-10-2-4-12-44(42)56(43)49-29-40(30-50(54-49)57-45-13-5-7-15-47(45)58-48-16-8-6-14-46(48)57)55(38-21-17-34(18-22-38)36-25-27-51-28-26-36)39-23-19-35(20-24-39)37-31-52-33-53-32-37/h1-33H. The molecule has 0 saturated heterocycles. The topological polar surface area (TPSA) is 72.2 Å². The molecular formula is C50H33N7O. The number of hydrogen-bond donors (Lipinski definition) is 0. The molecule has 1 aliphatic heterocycles. The van der Waals surface area contributed by atoms with Crippen LogP contribution < -0.4 is 14.5 Å². The number of ether oxygens (including phenoxy) is 1. The molecule has 8 heteroatoms. The molecule has 0 unspecified atom stereocenters. The molecule has 6 aromatic carbocycles. The van der Waals surface area contributed by atoms with E-state index in [1.165, 1.54) is 0 Å². The van der Waals surface area contributed by atoms with Gasteiger partial charge in [0.05, 0.1) is 28.1 Å². The minimum Gasteiger partial charge on any atom is -0.453 e. The molecule has 11 rings (SSSR count). The maximum absolute atomic E-state index is 6.46. The summed E-state index contributed by atoms with van der Waals surface area (Å²) in [6.07, 6.45) is 8.87. The van der Waals surface area contributed by atoms with Gasteiger partial charge < -0.3 is 9.64 Å². The highest BCUT2D eigenvalue weighted by atomic mass is 16.5. The Labute approximate surface area is 334 Å². The Kier molecular flexibility index (Phi) is 7.96. The van der Waals surface area contributed by atoms with E-state index < -0.39 is 0 Å². The van der Waals surface area contributed by atoms with Crippen LogP contribution in [0.15, 0.2) is 201 Å². The van der Waals surface area contributed by atoms with Crippen LogP contribution in [0.3, 0.4) is 0 Å². The summed E-state index contributed by atoms with van der Waals surface area (Å²) >= 11 is 0. The minimum atomic E-state index is 0.744. The SMILES string of the molecule is c1ccc2c(c1)Oc1ccccc1N2c1cc(N(c2ccc(-c3ccncc3)cc2)c2ccc(-c3cncnc3)cc2)cc(-n2c3ccccc3c3ccccc32)n1. The van der Waals surface area contributed by atoms with Gasteiger partial charge in [0, 0.05) is 64.6 Å². The summed E-state index contributed by atoms with van der Waals surface area (Å²) in [7, 11) is 0. The zero-order valence-corrected chi connectivity index (χ0v) is 31.1. The first-order chi connectivity index (χ1) is 28.8. The molecule has 0 N–H and O–H groups in total. The van der Waals surface area contributed by atoms with E-state index in [1.807, 2.05) is 73.3 Å². The molecule has 0 atom stereocenters. The lowest BCUT2D eigenvalue weighted by atomic mass is 10.1. The Balaban J connectivity index is 1.17. The predicted molar refractivity (Wildman–Crippen MR) is 232 cm³/mol. The van der Waals surface area contributed by atoms with Crippen LogP contribution in [0, 0.1) is 0 Å². The smallest absolute Gasteiger partial charge is 0.151 e. The first-order valence-electron chi connectivity index (χ1n) is 19.1. The molecule has 0 spiro atoms. The summed E-state index contributed by atoms with van der Waals surface area (Å²) in [4.78, 5) is 22.8. The number of benzene rings is 6. The lowest BCUT2D eigenvalue weighted by molar-refractivity contribution is 0.476. The summed E-state index contributed by atoms with van der Waals surface area (Å²) in [5, 5.41) is 2.33. The zero-order chi connectivity index (χ0) is 38.4. The minimum absolute atomic E-state index is 0.744. The van der Waals surface area contributed by atoms with Crippen molar-refractivity contribution in [2.75, 3.05) is 9.80 Å². The molecule has 5 heterocycles. The number of pyridine rings is 2. The molecule has 0 amide bonds. The predicted octanol–water partition coefficient (Wildman–Crippen LogP) is 12.7. The second kappa shape index (κ2) is 13.9. The van der Waals surface area contributed by atoms with Gasteiger partial charge in [-0.1, -0.05) is 84.9 Å². The van der Waals surface area contributed by atoms with E-state index in [2.05, 4.69) is 151 Å². The first-order valence-corrected chi connectivity index (χ1v) is 19.1. The Morgan fingerprint density at radius 1 is 0.431 bits per heavy atom. The van der Waals surface area contributed by atoms with Gasteiger partial charge in [0.2, 0.25) is 0 Å². The van der Waals surface area contributed by atoms with E-state index in [1.54, 1.807) is 6.33 Å². The normalized spacial score (nSPS) is 11.9. The Bertz CT molecular complexity index is 2910. The Morgan fingerprint density at radius 3 is 1.53 bits per heavy atom. The molecule has 0 fully saturated rings. The Morgan fingerprint density at radius 2 is 0.931 bits per heavy atom. The van der Waals surface area contributed by atoms with Gasteiger partial charge in [-0.3, -0.25) is 14.5 Å². The molecule has 4 aromatic heterocycles. The van der Waals surface area contributed by atoms with E-state index in [9.17, 15) is 0 Å². The van der Waals surface area contributed by atoms with Gasteiger partial charge >= 0.3 is 0 Å². The second-order valence-corrected chi connectivity index (χ2v) is 14.1. The largest absolute Gasteiger partial charge is 0.453 e. The molecule has 0 radical (unpaired) electrons. The van der Waals surface area contributed by atoms with Crippen LogP contribution in [0.1, 0.15) is 0 Å². The number of rotatable bonds is 7. The quantitative estimate of drug-likeness (QED) is 0.161. The summed E-state index contributed by atoms with van der Waals surface area (Å²) < 4.78 is 8.74. The Hall–Kier alpha value is -8.10. The van der Waals surface area contributed by atoms with Crippen LogP contribution in [0.5, 0.6) is 11.5 Å². The van der Waals surface area contributed by atoms with Crippen LogP contribution in [-0.4, -0.2) is 24.5 Å². The van der Waals surface area contributed by atoms with Crippen molar-refractivity contribution in [1.82, 2.24) is 24.5 Å². The molecule has 0 saturated carbocycles. The van der Waals surface area contributed by atoms with Crippen LogP contribution in [0.25, 0.3) is 49.9 Å². The first kappa shape index (κ1) is 33.3. The highest BCUT2D eigenvalue weighted by molar-refractivity contribution is 6.09. The fraction of sp³-hybridized carbons (Fsp3) is 0. The molecule has 1 aliphatic rings. The maximum atomic E-state index is 6.46. The van der Waals surface area contributed by atoms with Crippen molar-refractivity contribution in [2.45, 2.75) is 0 Å². The zero-order valence-electron chi connectivity index (χ0n) is 31.1. The van der Waals surface area contributed by atoms with Crippen LogP contribution in [-0.2, 0) is 0 Å². The van der Waals surface area contributed by atoms with Crippen LogP contribution >= 0.6 is 0 Å². The third-order valence-electron chi connectivity index (χ3n) is 10.7. The molecule has 274 valence electrons. The van der Waals surface area contributed by atoms with Gasteiger partial charge in [-0.25, -0.2) is 15.0 Å². The number of para-hydroxylation sites is 6. The van der Waals surface area contributed by atoms with Gasteiger partial charge in [0.15, 0.2) is 11.5 Å². The van der Waals surface area contributed by atoms with Crippen LogP contribution in [0.4, 0.5) is 34.3 Å². The van der Waals surface area contributed by atoms with Crippen molar-refractivity contribution in [3.8, 4) is 39.6 Å². The van der Waals surface area contributed by atoms with E-state index in [-0.39, 0.29) is 0 Å². The molecule has 58 heavy (non-hydrogen) atoms. The molecule has 8 nitrogen and oxygen atoms in total. The number of hydrogen-bond acceptors (Lipinski definition) is 7. The second-order valence-electron chi connectivity index (χ2n) is 14.1. The van der Waals surface area contributed by atoms with Crippen molar-refractivity contribution in [1.29, 1.82) is 0 Å². The van der Waals surface area contributed by atoms with Gasteiger partial charge in [-0.15, -0.1) is 0 Å². The van der Waals surface area contributed by atoms with Crippen LogP contribution in [0.2, 0.25) is 0 Å². The fourth-order valence-electron chi connectivity index (χ4n) is 8.01. The molecular weight excluding hydrogens is 715 g/mol.